The third kappa shape index (κ3) is 2.87. The predicted molar refractivity (Wildman–Crippen MR) is 81.5 cm³/mol. The Balaban J connectivity index is 2.29. The van der Waals surface area contributed by atoms with E-state index in [1.54, 1.807) is 0 Å². The molecule has 1 unspecified atom stereocenters. The van der Waals surface area contributed by atoms with Crippen molar-refractivity contribution in [1.82, 2.24) is 0 Å². The van der Waals surface area contributed by atoms with E-state index in [4.69, 9.17) is 29.6 Å². The zero-order valence-corrected chi connectivity index (χ0v) is 12.0. The van der Waals surface area contributed by atoms with Gasteiger partial charge in [-0.15, -0.1) is 0 Å². The lowest BCUT2D eigenvalue weighted by atomic mass is 10.1. The standard InChI is InChI=1S/C12H15ClN2S2/c1-8-7-17-5-4-15(8)11-3-2-9(12(14)16)6-10(11)13/h2-3,6,8H,4-5,7H2,1H3,(H2,14,16). The Kier molecular flexibility index (Phi) is 4.17. The van der Waals surface area contributed by atoms with Crippen molar-refractivity contribution in [3.8, 4) is 0 Å². The highest BCUT2D eigenvalue weighted by molar-refractivity contribution is 7.99. The molecule has 0 radical (unpaired) electrons. The Morgan fingerprint density at radius 1 is 1.59 bits per heavy atom. The summed E-state index contributed by atoms with van der Waals surface area (Å²) in [5.74, 6) is 2.30. The van der Waals surface area contributed by atoms with Gasteiger partial charge in [-0.3, -0.25) is 0 Å². The molecular weight excluding hydrogens is 272 g/mol. The molecule has 0 saturated carbocycles. The van der Waals surface area contributed by atoms with Crippen molar-refractivity contribution >= 4 is 46.3 Å². The number of thioether (sulfide) groups is 1. The first-order valence-electron chi connectivity index (χ1n) is 5.53. The van der Waals surface area contributed by atoms with Gasteiger partial charge in [0.2, 0.25) is 0 Å². The van der Waals surface area contributed by atoms with Crippen LogP contribution in [0.1, 0.15) is 12.5 Å². The largest absolute Gasteiger partial charge is 0.389 e. The molecule has 1 atom stereocenters. The molecule has 1 aromatic rings. The molecular formula is C12H15ClN2S2. The van der Waals surface area contributed by atoms with E-state index in [1.807, 2.05) is 30.0 Å². The Morgan fingerprint density at radius 3 is 2.94 bits per heavy atom. The van der Waals surface area contributed by atoms with Gasteiger partial charge in [-0.05, 0) is 25.1 Å². The fourth-order valence-corrected chi connectivity index (χ4v) is 3.41. The smallest absolute Gasteiger partial charge is 0.104 e. The number of benzene rings is 1. The predicted octanol–water partition coefficient (Wildman–Crippen LogP) is 2.92. The van der Waals surface area contributed by atoms with Crippen molar-refractivity contribution in [2.75, 3.05) is 23.0 Å². The molecule has 1 fully saturated rings. The van der Waals surface area contributed by atoms with Crippen molar-refractivity contribution in [2.45, 2.75) is 13.0 Å². The molecule has 1 aliphatic heterocycles. The summed E-state index contributed by atoms with van der Waals surface area (Å²) < 4.78 is 0. The van der Waals surface area contributed by atoms with Crippen LogP contribution >= 0.6 is 35.6 Å². The Bertz CT molecular complexity index is 437. The quantitative estimate of drug-likeness (QED) is 0.847. The molecule has 1 heterocycles. The topological polar surface area (TPSA) is 29.3 Å². The summed E-state index contributed by atoms with van der Waals surface area (Å²) in [5.41, 5.74) is 7.50. The summed E-state index contributed by atoms with van der Waals surface area (Å²) in [7, 11) is 0. The van der Waals surface area contributed by atoms with E-state index in [9.17, 15) is 0 Å². The first-order chi connectivity index (χ1) is 8.09. The monoisotopic (exact) mass is 286 g/mol. The molecule has 2 nitrogen and oxygen atoms in total. The Morgan fingerprint density at radius 2 is 2.35 bits per heavy atom. The third-order valence-electron chi connectivity index (χ3n) is 2.91. The molecule has 0 amide bonds. The normalized spacial score (nSPS) is 20.4. The van der Waals surface area contributed by atoms with E-state index in [0.717, 1.165) is 34.3 Å². The van der Waals surface area contributed by atoms with Gasteiger partial charge < -0.3 is 10.6 Å². The van der Waals surface area contributed by atoms with Crippen LogP contribution in [-0.2, 0) is 0 Å². The molecule has 92 valence electrons. The number of anilines is 1. The fraction of sp³-hybridized carbons (Fsp3) is 0.417. The highest BCUT2D eigenvalue weighted by Crippen LogP contribution is 2.31. The summed E-state index contributed by atoms with van der Waals surface area (Å²) in [6.45, 7) is 3.27. The van der Waals surface area contributed by atoms with Gasteiger partial charge in [0.15, 0.2) is 0 Å². The average molecular weight is 287 g/mol. The minimum atomic E-state index is 0.390. The summed E-state index contributed by atoms with van der Waals surface area (Å²) >= 11 is 13.2. The van der Waals surface area contributed by atoms with E-state index in [2.05, 4.69) is 11.8 Å². The fourth-order valence-electron chi connectivity index (χ4n) is 1.98. The molecule has 0 spiro atoms. The van der Waals surface area contributed by atoms with Gasteiger partial charge in [-0.2, -0.15) is 11.8 Å². The van der Waals surface area contributed by atoms with E-state index in [0.29, 0.717) is 11.0 Å². The van der Waals surface area contributed by atoms with E-state index in [-0.39, 0.29) is 0 Å². The van der Waals surface area contributed by atoms with Crippen molar-refractivity contribution in [3.63, 3.8) is 0 Å². The van der Waals surface area contributed by atoms with Crippen molar-refractivity contribution in [2.24, 2.45) is 5.73 Å². The van der Waals surface area contributed by atoms with Crippen LogP contribution in [0.25, 0.3) is 0 Å². The van der Waals surface area contributed by atoms with Crippen LogP contribution in [-0.4, -0.2) is 29.1 Å². The van der Waals surface area contributed by atoms with Crippen LogP contribution in [0.15, 0.2) is 18.2 Å². The molecule has 0 aliphatic carbocycles. The lowest BCUT2D eigenvalue weighted by Gasteiger charge is -2.35. The highest BCUT2D eigenvalue weighted by atomic mass is 35.5. The number of nitrogens with zero attached hydrogens (tertiary/aromatic N) is 1. The van der Waals surface area contributed by atoms with E-state index < -0.39 is 0 Å². The van der Waals surface area contributed by atoms with Gasteiger partial charge in [-0.25, -0.2) is 0 Å². The summed E-state index contributed by atoms with van der Waals surface area (Å²) in [4.78, 5) is 2.74. The van der Waals surface area contributed by atoms with Gasteiger partial charge in [0.25, 0.3) is 0 Å². The van der Waals surface area contributed by atoms with Crippen LogP contribution in [0.5, 0.6) is 0 Å². The van der Waals surface area contributed by atoms with Crippen molar-refractivity contribution in [1.29, 1.82) is 0 Å². The van der Waals surface area contributed by atoms with E-state index in [1.165, 1.54) is 0 Å². The van der Waals surface area contributed by atoms with Gasteiger partial charge in [0.05, 0.1) is 10.7 Å². The van der Waals surface area contributed by atoms with Gasteiger partial charge in [0.1, 0.15) is 4.99 Å². The summed E-state index contributed by atoms with van der Waals surface area (Å²) in [6.07, 6.45) is 0. The maximum Gasteiger partial charge on any atom is 0.104 e. The summed E-state index contributed by atoms with van der Waals surface area (Å²) in [6, 6.07) is 6.33. The molecule has 2 rings (SSSR count). The second-order valence-electron chi connectivity index (χ2n) is 4.15. The van der Waals surface area contributed by atoms with Crippen LogP contribution in [0.2, 0.25) is 5.02 Å². The number of hydrogen-bond donors (Lipinski definition) is 1. The molecule has 0 bridgehead atoms. The molecule has 17 heavy (non-hydrogen) atoms. The third-order valence-corrected chi connectivity index (χ3v) is 4.64. The maximum atomic E-state index is 6.31. The highest BCUT2D eigenvalue weighted by Gasteiger charge is 2.20. The number of nitrogens with two attached hydrogens (primary N) is 1. The molecule has 5 heteroatoms. The average Bonchev–Trinajstić information content (AvgIpc) is 2.30. The molecule has 1 aromatic carbocycles. The second kappa shape index (κ2) is 5.46. The van der Waals surface area contributed by atoms with Crippen LogP contribution < -0.4 is 10.6 Å². The minimum absolute atomic E-state index is 0.390. The van der Waals surface area contributed by atoms with E-state index >= 15 is 0 Å². The Hall–Kier alpha value is -0.450. The number of halogens is 1. The lowest BCUT2D eigenvalue weighted by molar-refractivity contribution is 0.700. The maximum absolute atomic E-state index is 6.31. The number of rotatable bonds is 2. The van der Waals surface area contributed by atoms with Crippen LogP contribution in [0.4, 0.5) is 5.69 Å². The van der Waals surface area contributed by atoms with Crippen LogP contribution in [0.3, 0.4) is 0 Å². The summed E-state index contributed by atoms with van der Waals surface area (Å²) in [5, 5.41) is 0.731. The number of thiocarbonyl (C=S) groups is 1. The molecule has 2 N–H and O–H groups in total. The van der Waals surface area contributed by atoms with Crippen molar-refractivity contribution in [3.05, 3.63) is 28.8 Å². The second-order valence-corrected chi connectivity index (χ2v) is 6.14. The number of hydrogen-bond acceptors (Lipinski definition) is 3. The SMILES string of the molecule is CC1CSCCN1c1ccc(C(N)=S)cc1Cl. The minimum Gasteiger partial charge on any atom is -0.389 e. The molecule has 1 aliphatic rings. The Labute approximate surface area is 117 Å². The van der Waals surface area contributed by atoms with Gasteiger partial charge in [-0.1, -0.05) is 23.8 Å². The van der Waals surface area contributed by atoms with Crippen LogP contribution in [0, 0.1) is 0 Å². The van der Waals surface area contributed by atoms with Gasteiger partial charge in [0, 0.05) is 29.7 Å². The zero-order valence-electron chi connectivity index (χ0n) is 9.65. The van der Waals surface area contributed by atoms with Gasteiger partial charge >= 0.3 is 0 Å². The van der Waals surface area contributed by atoms with Crippen molar-refractivity contribution < 1.29 is 0 Å². The first kappa shape index (κ1) is 13.0. The zero-order chi connectivity index (χ0) is 12.4. The molecule has 0 aromatic heterocycles. The first-order valence-corrected chi connectivity index (χ1v) is 7.47. The molecule has 1 saturated heterocycles. The lowest BCUT2D eigenvalue weighted by Crippen LogP contribution is -2.40.